The lowest BCUT2D eigenvalue weighted by atomic mass is 9.99. The predicted molar refractivity (Wildman–Crippen MR) is 89.7 cm³/mol. The number of halogens is 3. The minimum atomic E-state index is -1.29. The van der Waals surface area contributed by atoms with Crippen LogP contribution in [0.4, 0.5) is 20.2 Å². The average Bonchev–Trinajstić information content (AvgIpc) is 2.85. The van der Waals surface area contributed by atoms with E-state index in [4.69, 9.17) is 4.74 Å². The first kappa shape index (κ1) is 16.0. The maximum Gasteiger partial charge on any atom is 0.337 e. The molecule has 0 bridgehead atoms. The van der Waals surface area contributed by atoms with Gasteiger partial charge in [0, 0.05) is 15.1 Å². The molecule has 2 aromatic rings. The third kappa shape index (κ3) is 2.85. The van der Waals surface area contributed by atoms with Gasteiger partial charge in [-0.25, -0.2) is 13.6 Å². The van der Waals surface area contributed by atoms with Crippen molar-refractivity contribution in [2.24, 2.45) is 0 Å². The molecule has 0 fully saturated rings. The highest BCUT2D eigenvalue weighted by Crippen LogP contribution is 2.42. The number of hydrogen-bond donors (Lipinski definition) is 2. The first-order chi connectivity index (χ1) is 10.9. The minimum Gasteiger partial charge on any atom is -0.489 e. The molecule has 0 saturated heterocycles. The summed E-state index contributed by atoms with van der Waals surface area (Å²) in [4.78, 5) is 11.5. The van der Waals surface area contributed by atoms with Gasteiger partial charge in [-0.05, 0) is 46.9 Å². The second kappa shape index (κ2) is 5.95. The minimum absolute atomic E-state index is 0.00203. The zero-order valence-corrected chi connectivity index (χ0v) is 14.1. The quantitative estimate of drug-likeness (QED) is 0.703. The molecule has 0 aromatic heterocycles. The highest BCUT2D eigenvalue weighted by Gasteiger charge is 2.30. The van der Waals surface area contributed by atoms with Crippen LogP contribution in [0.2, 0.25) is 0 Å². The zero-order chi connectivity index (χ0) is 16.7. The fourth-order valence-corrected chi connectivity index (χ4v) is 2.93. The summed E-state index contributed by atoms with van der Waals surface area (Å²) in [5.74, 6) is -2.78. The van der Waals surface area contributed by atoms with Crippen LogP contribution in [0, 0.1) is 15.2 Å². The van der Waals surface area contributed by atoms with Crippen LogP contribution in [0.1, 0.15) is 28.8 Å². The number of carboxylic acids is 1. The lowest BCUT2D eigenvalue weighted by Crippen LogP contribution is -2.08. The summed E-state index contributed by atoms with van der Waals surface area (Å²) in [6, 6.07) is 5.72. The normalized spacial score (nSPS) is 15.9. The number of rotatable bonds is 3. The van der Waals surface area contributed by atoms with E-state index >= 15 is 0 Å². The van der Waals surface area contributed by atoms with E-state index in [-0.39, 0.29) is 35.2 Å². The van der Waals surface area contributed by atoms with Crippen molar-refractivity contribution < 1.29 is 23.4 Å². The number of nitrogens with one attached hydrogen (secondary N) is 1. The van der Waals surface area contributed by atoms with Crippen LogP contribution < -0.4 is 10.1 Å². The number of carbonyl (C=O) groups is 1. The molecule has 1 heterocycles. The van der Waals surface area contributed by atoms with Crippen LogP contribution in [0.3, 0.4) is 0 Å². The van der Waals surface area contributed by atoms with Crippen LogP contribution in [0.15, 0.2) is 24.3 Å². The zero-order valence-electron chi connectivity index (χ0n) is 12.0. The van der Waals surface area contributed by atoms with Crippen LogP contribution in [0.25, 0.3) is 0 Å². The molecule has 120 valence electrons. The van der Waals surface area contributed by atoms with E-state index in [1.54, 1.807) is 6.07 Å². The molecular weight excluding hydrogens is 419 g/mol. The molecular formula is C16H12F2INO3. The van der Waals surface area contributed by atoms with Crippen molar-refractivity contribution in [3.63, 3.8) is 0 Å². The van der Waals surface area contributed by atoms with Crippen LogP contribution >= 0.6 is 22.6 Å². The van der Waals surface area contributed by atoms with Crippen molar-refractivity contribution in [1.82, 2.24) is 0 Å². The van der Waals surface area contributed by atoms with Gasteiger partial charge in [-0.2, -0.15) is 0 Å². The Bertz CT molecular complexity index is 810. The molecule has 1 atom stereocenters. The van der Waals surface area contributed by atoms with Crippen molar-refractivity contribution in [2.75, 3.05) is 11.9 Å². The van der Waals surface area contributed by atoms with E-state index in [0.717, 1.165) is 0 Å². The Morgan fingerprint density at radius 3 is 2.78 bits per heavy atom. The molecule has 0 spiro atoms. The van der Waals surface area contributed by atoms with Gasteiger partial charge in [-0.15, -0.1) is 0 Å². The molecule has 0 aliphatic carbocycles. The largest absolute Gasteiger partial charge is 0.489 e. The fourth-order valence-electron chi connectivity index (χ4n) is 2.48. The van der Waals surface area contributed by atoms with Gasteiger partial charge >= 0.3 is 5.97 Å². The molecule has 1 aliphatic rings. The summed E-state index contributed by atoms with van der Waals surface area (Å²) < 4.78 is 34.6. The van der Waals surface area contributed by atoms with Gasteiger partial charge in [-0.3, -0.25) is 0 Å². The van der Waals surface area contributed by atoms with E-state index in [9.17, 15) is 18.7 Å². The monoisotopic (exact) mass is 431 g/mol. The molecule has 3 rings (SSSR count). The maximum absolute atomic E-state index is 14.7. The number of anilines is 2. The van der Waals surface area contributed by atoms with Gasteiger partial charge in [-0.1, -0.05) is 6.92 Å². The Labute approximate surface area is 144 Å². The summed E-state index contributed by atoms with van der Waals surface area (Å²) in [7, 11) is 0. The van der Waals surface area contributed by atoms with Gasteiger partial charge in [0.15, 0.2) is 11.6 Å². The first-order valence-corrected chi connectivity index (χ1v) is 7.91. The first-order valence-electron chi connectivity index (χ1n) is 6.83. The van der Waals surface area contributed by atoms with E-state index in [1.165, 1.54) is 18.2 Å². The number of ether oxygens (including phenoxy) is 1. The number of carboxylic acid groups (broad SMARTS) is 1. The molecule has 0 radical (unpaired) electrons. The number of aromatic carboxylic acids is 1. The third-order valence-corrected chi connectivity index (χ3v) is 4.35. The van der Waals surface area contributed by atoms with Crippen LogP contribution in [0.5, 0.6) is 5.75 Å². The molecule has 4 nitrogen and oxygen atoms in total. The smallest absolute Gasteiger partial charge is 0.337 e. The molecule has 7 heteroatoms. The van der Waals surface area contributed by atoms with Crippen molar-refractivity contribution in [3.05, 3.63) is 50.6 Å². The van der Waals surface area contributed by atoms with Crippen molar-refractivity contribution in [1.29, 1.82) is 0 Å². The molecule has 1 unspecified atom stereocenters. The highest BCUT2D eigenvalue weighted by molar-refractivity contribution is 14.1. The molecule has 23 heavy (non-hydrogen) atoms. The summed E-state index contributed by atoms with van der Waals surface area (Å²) in [6.45, 7) is 2.11. The molecule has 2 N–H and O–H groups in total. The topological polar surface area (TPSA) is 58.6 Å². The van der Waals surface area contributed by atoms with Gasteiger partial charge in [0.05, 0.1) is 23.5 Å². The Kier molecular flexibility index (Phi) is 4.13. The lowest BCUT2D eigenvalue weighted by molar-refractivity contribution is 0.0697. The van der Waals surface area contributed by atoms with Gasteiger partial charge < -0.3 is 15.2 Å². The van der Waals surface area contributed by atoms with Gasteiger partial charge in [0.25, 0.3) is 0 Å². The predicted octanol–water partition coefficient (Wildman–Crippen LogP) is 4.51. The van der Waals surface area contributed by atoms with Gasteiger partial charge in [0.1, 0.15) is 5.82 Å². The Morgan fingerprint density at radius 1 is 1.39 bits per heavy atom. The Hall–Kier alpha value is -1.90. The molecule has 2 aromatic carbocycles. The van der Waals surface area contributed by atoms with E-state index < -0.39 is 17.6 Å². The van der Waals surface area contributed by atoms with Crippen LogP contribution in [-0.4, -0.2) is 17.7 Å². The highest BCUT2D eigenvalue weighted by atomic mass is 127. The van der Waals surface area contributed by atoms with E-state index in [2.05, 4.69) is 5.32 Å². The maximum atomic E-state index is 14.7. The summed E-state index contributed by atoms with van der Waals surface area (Å²) in [5, 5.41) is 11.9. The second-order valence-corrected chi connectivity index (χ2v) is 6.54. The fraction of sp³-hybridized carbons (Fsp3) is 0.188. The Balaban J connectivity index is 2.13. The van der Waals surface area contributed by atoms with Crippen molar-refractivity contribution in [2.45, 2.75) is 12.8 Å². The van der Waals surface area contributed by atoms with E-state index in [1.807, 2.05) is 29.5 Å². The molecule has 0 saturated carbocycles. The van der Waals surface area contributed by atoms with Crippen molar-refractivity contribution >= 4 is 39.9 Å². The van der Waals surface area contributed by atoms with Crippen LogP contribution in [-0.2, 0) is 0 Å². The SMILES string of the molecule is CC1COc2c1cc(C(=O)O)c(Nc1ccc(I)cc1F)c2F. The second-order valence-electron chi connectivity index (χ2n) is 5.30. The Morgan fingerprint density at radius 2 is 2.13 bits per heavy atom. The molecule has 1 aliphatic heterocycles. The molecule has 0 amide bonds. The van der Waals surface area contributed by atoms with E-state index in [0.29, 0.717) is 9.13 Å². The number of fused-ring (bicyclic) bond motifs is 1. The lowest BCUT2D eigenvalue weighted by Gasteiger charge is -2.14. The van der Waals surface area contributed by atoms with Crippen molar-refractivity contribution in [3.8, 4) is 5.75 Å². The summed E-state index contributed by atoms with van der Waals surface area (Å²) in [6.07, 6.45) is 0. The standard InChI is InChI=1S/C16H12F2INO3/c1-7-6-23-15-9(7)5-10(16(21)22)14(13(15)18)20-12-3-2-8(19)4-11(12)17/h2-5,7,20H,6H2,1H3,(H,21,22). The van der Waals surface area contributed by atoms with Gasteiger partial charge in [0.2, 0.25) is 0 Å². The third-order valence-electron chi connectivity index (χ3n) is 3.68. The number of benzene rings is 2. The number of hydrogen-bond acceptors (Lipinski definition) is 3. The summed E-state index contributed by atoms with van der Waals surface area (Å²) in [5.41, 5.74) is -0.0478. The summed E-state index contributed by atoms with van der Waals surface area (Å²) >= 11 is 1.95. The average molecular weight is 431 g/mol.